The highest BCUT2D eigenvalue weighted by Gasteiger charge is 2.29. The maximum atomic E-state index is 13.4. The maximum absolute atomic E-state index is 13.4. The minimum absolute atomic E-state index is 0.143. The number of aromatic nitrogens is 1. The van der Waals surface area contributed by atoms with Gasteiger partial charge in [-0.05, 0) is 46.7 Å². The summed E-state index contributed by atoms with van der Waals surface area (Å²) in [4.78, 5) is 28.2. The van der Waals surface area contributed by atoms with Crippen LogP contribution in [0.3, 0.4) is 0 Å². The molecule has 0 aliphatic heterocycles. The largest absolute Gasteiger partial charge is 0.338 e. The highest BCUT2D eigenvalue weighted by atomic mass is 16.2. The third kappa shape index (κ3) is 4.98. The van der Waals surface area contributed by atoms with Crippen LogP contribution in [-0.2, 0) is 16.1 Å². The first-order chi connectivity index (χ1) is 15.9. The Hall–Kier alpha value is -3.86. The summed E-state index contributed by atoms with van der Waals surface area (Å²) >= 11 is 0. The summed E-state index contributed by atoms with van der Waals surface area (Å²) in [5.41, 5.74) is 3.67. The van der Waals surface area contributed by atoms with Crippen molar-refractivity contribution in [3.63, 3.8) is 0 Å². The zero-order chi connectivity index (χ0) is 23.4. The van der Waals surface area contributed by atoms with Crippen LogP contribution >= 0.6 is 0 Å². The van der Waals surface area contributed by atoms with Crippen LogP contribution in [0.25, 0.3) is 10.9 Å². The number of nitrogens with one attached hydrogen (secondary N) is 1. The lowest BCUT2D eigenvalue weighted by Gasteiger charge is -2.28. The zero-order valence-corrected chi connectivity index (χ0v) is 19.2. The highest BCUT2D eigenvalue weighted by molar-refractivity contribution is 5.98. The van der Waals surface area contributed by atoms with Gasteiger partial charge in [0.1, 0.15) is 12.6 Å². The quantitative estimate of drug-likeness (QED) is 0.407. The van der Waals surface area contributed by atoms with Crippen LogP contribution in [0.5, 0.6) is 0 Å². The Morgan fingerprint density at radius 1 is 0.848 bits per heavy atom. The monoisotopic (exact) mass is 439 g/mol. The number of fused-ring (bicyclic) bond motifs is 1. The predicted molar refractivity (Wildman–Crippen MR) is 133 cm³/mol. The summed E-state index contributed by atoms with van der Waals surface area (Å²) in [6.07, 6.45) is 1.91. The van der Waals surface area contributed by atoms with E-state index in [4.69, 9.17) is 0 Å². The molecule has 1 unspecified atom stereocenters. The van der Waals surface area contributed by atoms with Gasteiger partial charge < -0.3 is 14.8 Å². The van der Waals surface area contributed by atoms with Gasteiger partial charge in [-0.3, -0.25) is 9.59 Å². The first-order valence-electron chi connectivity index (χ1n) is 11.2. The summed E-state index contributed by atoms with van der Waals surface area (Å²) in [7, 11) is 1.69. The van der Waals surface area contributed by atoms with Crippen molar-refractivity contribution in [2.75, 3.05) is 12.4 Å². The van der Waals surface area contributed by atoms with Gasteiger partial charge in [0, 0.05) is 24.4 Å². The second-order valence-corrected chi connectivity index (χ2v) is 8.59. The molecule has 1 aromatic heterocycles. The lowest BCUT2D eigenvalue weighted by Crippen LogP contribution is -2.40. The second kappa shape index (κ2) is 9.74. The number of anilines is 1. The van der Waals surface area contributed by atoms with E-state index in [-0.39, 0.29) is 18.4 Å². The van der Waals surface area contributed by atoms with Gasteiger partial charge in [-0.25, -0.2) is 0 Å². The van der Waals surface area contributed by atoms with Crippen LogP contribution in [0, 0.1) is 0 Å². The summed E-state index contributed by atoms with van der Waals surface area (Å²) in [5.74, 6) is 0.0302. The van der Waals surface area contributed by atoms with E-state index < -0.39 is 6.04 Å². The van der Waals surface area contributed by atoms with Gasteiger partial charge in [-0.15, -0.1) is 0 Å². The fourth-order valence-corrected chi connectivity index (χ4v) is 4.03. The van der Waals surface area contributed by atoms with Crippen molar-refractivity contribution in [2.24, 2.45) is 0 Å². The molecule has 5 heteroatoms. The third-order valence-electron chi connectivity index (χ3n) is 5.98. The number of carbonyl (C=O) groups excluding carboxylic acids is 2. The molecule has 0 fully saturated rings. The van der Waals surface area contributed by atoms with E-state index in [2.05, 4.69) is 19.2 Å². The Labute approximate surface area is 194 Å². The van der Waals surface area contributed by atoms with Crippen molar-refractivity contribution in [1.29, 1.82) is 0 Å². The third-order valence-corrected chi connectivity index (χ3v) is 5.98. The van der Waals surface area contributed by atoms with Crippen molar-refractivity contribution >= 4 is 28.4 Å². The molecule has 168 valence electrons. The molecule has 1 N–H and O–H groups in total. The van der Waals surface area contributed by atoms with Gasteiger partial charge in [-0.1, -0.05) is 74.5 Å². The molecule has 1 atom stereocenters. The van der Waals surface area contributed by atoms with Crippen molar-refractivity contribution in [3.8, 4) is 0 Å². The van der Waals surface area contributed by atoms with Gasteiger partial charge in [0.15, 0.2) is 0 Å². The number of hydrogen-bond acceptors (Lipinski definition) is 2. The van der Waals surface area contributed by atoms with Crippen molar-refractivity contribution < 1.29 is 9.59 Å². The number of amides is 2. The molecule has 0 saturated carbocycles. The number of rotatable bonds is 7. The predicted octanol–water partition coefficient (Wildman–Crippen LogP) is 5.60. The molecule has 0 spiro atoms. The van der Waals surface area contributed by atoms with Gasteiger partial charge in [0.05, 0.1) is 0 Å². The Bertz CT molecular complexity index is 1240. The lowest BCUT2D eigenvalue weighted by atomic mass is 10.0. The summed E-state index contributed by atoms with van der Waals surface area (Å²) in [6, 6.07) is 26.4. The van der Waals surface area contributed by atoms with Crippen LogP contribution in [0.4, 0.5) is 5.69 Å². The maximum Gasteiger partial charge on any atom is 0.251 e. The molecule has 0 aliphatic rings. The molecule has 0 saturated heterocycles. The Kier molecular flexibility index (Phi) is 6.59. The molecule has 33 heavy (non-hydrogen) atoms. The molecular weight excluding hydrogens is 410 g/mol. The molecule has 2 amide bonds. The number of nitrogens with zero attached hydrogens (tertiary/aromatic N) is 2. The van der Waals surface area contributed by atoms with Crippen LogP contribution in [0.15, 0.2) is 91.1 Å². The van der Waals surface area contributed by atoms with E-state index >= 15 is 0 Å². The number of benzene rings is 3. The number of hydrogen-bond donors (Lipinski definition) is 1. The van der Waals surface area contributed by atoms with E-state index in [9.17, 15) is 9.59 Å². The van der Waals surface area contributed by atoms with Crippen LogP contribution in [-0.4, -0.2) is 28.3 Å². The normalized spacial score (nSPS) is 12.0. The molecular formula is C28H29N3O2. The van der Waals surface area contributed by atoms with Crippen molar-refractivity contribution in [1.82, 2.24) is 9.47 Å². The Morgan fingerprint density at radius 2 is 1.52 bits per heavy atom. The minimum Gasteiger partial charge on any atom is -0.338 e. The molecule has 1 heterocycles. The van der Waals surface area contributed by atoms with Crippen LogP contribution < -0.4 is 5.32 Å². The molecule has 0 bridgehead atoms. The molecule has 0 radical (unpaired) electrons. The highest BCUT2D eigenvalue weighted by Crippen LogP contribution is 2.24. The summed E-state index contributed by atoms with van der Waals surface area (Å²) < 4.78 is 1.92. The Balaban J connectivity index is 1.57. The second-order valence-electron chi connectivity index (χ2n) is 8.59. The smallest absolute Gasteiger partial charge is 0.251 e. The number of likely N-dealkylation sites (N-methyl/N-ethyl adjacent to an activating group) is 1. The SMILES string of the molecule is CC(C)c1ccc(NC(=O)C(c2ccccc2)N(C)C(=O)Cn2ccc3ccccc32)cc1. The first kappa shape index (κ1) is 22.3. The molecule has 3 aromatic carbocycles. The molecule has 4 aromatic rings. The van der Waals surface area contributed by atoms with Crippen LogP contribution in [0.2, 0.25) is 0 Å². The lowest BCUT2D eigenvalue weighted by molar-refractivity contribution is -0.137. The first-order valence-corrected chi connectivity index (χ1v) is 11.2. The van der Waals surface area contributed by atoms with E-state index in [0.717, 1.165) is 16.5 Å². The molecule has 0 aliphatic carbocycles. The summed E-state index contributed by atoms with van der Waals surface area (Å²) in [5, 5.41) is 4.07. The Morgan fingerprint density at radius 3 is 2.21 bits per heavy atom. The fourth-order valence-electron chi connectivity index (χ4n) is 4.03. The average molecular weight is 440 g/mol. The van der Waals surface area contributed by atoms with Gasteiger partial charge in [0.25, 0.3) is 5.91 Å². The number of para-hydroxylation sites is 1. The van der Waals surface area contributed by atoms with E-state index in [0.29, 0.717) is 11.6 Å². The molecule has 4 rings (SSSR count). The van der Waals surface area contributed by atoms with Gasteiger partial charge in [-0.2, -0.15) is 0 Å². The summed E-state index contributed by atoms with van der Waals surface area (Å²) in [6.45, 7) is 4.42. The molecule has 5 nitrogen and oxygen atoms in total. The standard InChI is InChI=1S/C28H29N3O2/c1-20(2)21-13-15-24(16-14-21)29-28(33)27(23-10-5-4-6-11-23)30(3)26(32)19-31-18-17-22-9-7-8-12-25(22)31/h4-18,20,27H,19H2,1-3H3,(H,29,33). The number of carbonyl (C=O) groups is 2. The van der Waals surface area contributed by atoms with E-state index in [1.807, 2.05) is 95.7 Å². The van der Waals surface area contributed by atoms with Crippen molar-refractivity contribution in [2.45, 2.75) is 32.4 Å². The zero-order valence-electron chi connectivity index (χ0n) is 19.2. The fraction of sp³-hybridized carbons (Fsp3) is 0.214. The minimum atomic E-state index is -0.745. The van der Waals surface area contributed by atoms with E-state index in [1.54, 1.807) is 7.05 Å². The van der Waals surface area contributed by atoms with Crippen LogP contribution in [0.1, 0.15) is 36.9 Å². The topological polar surface area (TPSA) is 54.3 Å². The van der Waals surface area contributed by atoms with Gasteiger partial charge in [0.2, 0.25) is 5.91 Å². The van der Waals surface area contributed by atoms with Crippen molar-refractivity contribution in [3.05, 3.63) is 102 Å². The van der Waals surface area contributed by atoms with Gasteiger partial charge >= 0.3 is 0 Å². The average Bonchev–Trinajstić information content (AvgIpc) is 3.23. The van der Waals surface area contributed by atoms with E-state index in [1.165, 1.54) is 10.5 Å².